The highest BCUT2D eigenvalue weighted by Crippen LogP contribution is 2.71. The minimum absolute atomic E-state index is 0.00605. The van der Waals surface area contributed by atoms with Crippen LogP contribution in [0.4, 0.5) is 0 Å². The van der Waals surface area contributed by atoms with E-state index in [0.29, 0.717) is 19.6 Å². The van der Waals surface area contributed by atoms with Crippen LogP contribution in [-0.2, 0) is 19.1 Å². The largest absolute Gasteiger partial charge is 0.466 e. The molecule has 0 aromatic carbocycles. The van der Waals surface area contributed by atoms with Gasteiger partial charge in [0.2, 0.25) is 11.8 Å². The molecule has 1 N–H and O–H groups in total. The Morgan fingerprint density at radius 2 is 1.94 bits per heavy atom. The predicted molar refractivity (Wildman–Crippen MR) is 139 cm³/mol. The number of likely N-dealkylation sites (tertiary alicyclic amines) is 1. The summed E-state index contributed by atoms with van der Waals surface area (Å²) in [6.07, 6.45) is 9.66. The van der Waals surface area contributed by atoms with Crippen LogP contribution in [0.3, 0.4) is 0 Å². The lowest BCUT2D eigenvalue weighted by Crippen LogP contribution is -2.55. The van der Waals surface area contributed by atoms with Crippen LogP contribution in [0.5, 0.6) is 0 Å². The second-order valence-electron chi connectivity index (χ2n) is 10.4. The van der Waals surface area contributed by atoms with Gasteiger partial charge in [-0.15, -0.1) is 18.3 Å². The van der Waals surface area contributed by atoms with Gasteiger partial charge in [-0.25, -0.2) is 0 Å². The molecule has 0 aromatic rings. The zero-order chi connectivity index (χ0) is 25.6. The lowest BCUT2D eigenvalue weighted by atomic mass is 9.66. The summed E-state index contributed by atoms with van der Waals surface area (Å²) in [6, 6.07) is -0.564. The van der Waals surface area contributed by atoms with E-state index in [1.54, 1.807) is 29.7 Å². The van der Waals surface area contributed by atoms with E-state index in [0.717, 1.165) is 57.8 Å². The van der Waals surface area contributed by atoms with Crippen molar-refractivity contribution in [3.63, 3.8) is 0 Å². The molecule has 3 rings (SSSR count). The summed E-state index contributed by atoms with van der Waals surface area (Å²) in [4.78, 5) is 44.9. The van der Waals surface area contributed by atoms with Crippen molar-refractivity contribution in [3.8, 4) is 0 Å². The molecule has 3 saturated heterocycles. The monoisotopic (exact) mass is 508 g/mol. The number of unbranched alkanes of at least 4 members (excludes halogenated alkanes) is 5. The summed E-state index contributed by atoms with van der Waals surface area (Å²) in [5.41, 5.74) is 0. The second kappa shape index (κ2) is 12.1. The molecule has 0 aromatic heterocycles. The van der Waals surface area contributed by atoms with Crippen LogP contribution >= 0.6 is 11.8 Å². The Morgan fingerprint density at radius 1 is 1.20 bits per heavy atom. The van der Waals surface area contributed by atoms with Crippen LogP contribution in [0.2, 0.25) is 0 Å². The molecule has 3 aliphatic rings. The van der Waals surface area contributed by atoms with Crippen molar-refractivity contribution < 1.29 is 24.2 Å². The Morgan fingerprint density at radius 3 is 2.60 bits per heavy atom. The van der Waals surface area contributed by atoms with E-state index in [2.05, 4.69) is 20.4 Å². The van der Waals surface area contributed by atoms with Crippen LogP contribution in [0, 0.1) is 11.8 Å². The SMILES string of the molecule is C=CCN(CCCCC)C(=O)C1N(CCCCCCO)C(=O)[C@@H]2[C@@H](C(=O)OCC)[C@@]3(C)CCC12S3. The molecule has 3 fully saturated rings. The summed E-state index contributed by atoms with van der Waals surface area (Å²) in [5, 5.41) is 9.09. The van der Waals surface area contributed by atoms with E-state index in [1.807, 2.05) is 4.90 Å². The number of amides is 2. The summed E-state index contributed by atoms with van der Waals surface area (Å²) in [6.45, 7) is 11.9. The fourth-order valence-electron chi connectivity index (χ4n) is 6.46. The molecule has 7 nitrogen and oxygen atoms in total. The van der Waals surface area contributed by atoms with E-state index in [-0.39, 0.29) is 35.7 Å². The zero-order valence-corrected chi connectivity index (χ0v) is 22.6. The lowest BCUT2D eigenvalue weighted by molar-refractivity contribution is -0.155. The third-order valence-corrected chi connectivity index (χ3v) is 10.0. The molecule has 0 radical (unpaired) electrons. The first-order valence-electron chi connectivity index (χ1n) is 13.5. The number of thioether (sulfide) groups is 1. The summed E-state index contributed by atoms with van der Waals surface area (Å²) >= 11 is 1.70. The number of esters is 1. The molecule has 2 unspecified atom stereocenters. The third-order valence-electron chi connectivity index (χ3n) is 8.05. The Balaban J connectivity index is 1.94. The van der Waals surface area contributed by atoms with Crippen LogP contribution in [-0.4, -0.2) is 81.1 Å². The first-order chi connectivity index (χ1) is 16.8. The van der Waals surface area contributed by atoms with E-state index in [9.17, 15) is 14.4 Å². The maximum absolute atomic E-state index is 14.2. The van der Waals surface area contributed by atoms with Crippen LogP contribution in [0.25, 0.3) is 0 Å². The van der Waals surface area contributed by atoms with Crippen molar-refractivity contribution in [2.24, 2.45) is 11.8 Å². The Hall–Kier alpha value is -1.54. The highest BCUT2D eigenvalue weighted by molar-refractivity contribution is 8.02. The normalized spacial score (nSPS) is 31.0. The maximum atomic E-state index is 14.2. The van der Waals surface area contributed by atoms with Gasteiger partial charge in [0.25, 0.3) is 0 Å². The van der Waals surface area contributed by atoms with E-state index < -0.39 is 22.6 Å². The van der Waals surface area contributed by atoms with Crippen molar-refractivity contribution in [3.05, 3.63) is 12.7 Å². The zero-order valence-electron chi connectivity index (χ0n) is 21.8. The summed E-state index contributed by atoms with van der Waals surface area (Å²) in [5.74, 6) is -1.40. The van der Waals surface area contributed by atoms with Gasteiger partial charge in [-0.1, -0.05) is 38.7 Å². The molecule has 5 atom stereocenters. The van der Waals surface area contributed by atoms with Gasteiger partial charge < -0.3 is 19.6 Å². The Kier molecular flexibility index (Phi) is 9.72. The second-order valence-corrected chi connectivity index (χ2v) is 12.3. The van der Waals surface area contributed by atoms with Gasteiger partial charge in [-0.3, -0.25) is 14.4 Å². The molecule has 198 valence electrons. The molecule has 8 heteroatoms. The number of carbonyl (C=O) groups is 3. The van der Waals surface area contributed by atoms with Gasteiger partial charge in [0.15, 0.2) is 0 Å². The number of hydrogen-bond donors (Lipinski definition) is 1. The third kappa shape index (κ3) is 5.29. The predicted octanol–water partition coefficient (Wildman–Crippen LogP) is 3.79. The molecule has 0 aliphatic carbocycles. The highest BCUT2D eigenvalue weighted by atomic mass is 32.2. The number of aliphatic hydroxyl groups excluding tert-OH is 1. The van der Waals surface area contributed by atoms with Gasteiger partial charge >= 0.3 is 5.97 Å². The number of rotatable bonds is 15. The summed E-state index contributed by atoms with van der Waals surface area (Å²) < 4.78 is 4.48. The summed E-state index contributed by atoms with van der Waals surface area (Å²) in [7, 11) is 0. The molecular formula is C27H44N2O5S. The fourth-order valence-corrected chi connectivity index (χ4v) is 8.79. The Labute approximate surface area is 215 Å². The number of carbonyl (C=O) groups excluding carboxylic acids is 3. The van der Waals surface area contributed by atoms with Crippen LogP contribution in [0.1, 0.15) is 78.6 Å². The maximum Gasteiger partial charge on any atom is 0.311 e. The first kappa shape index (κ1) is 28.0. The smallest absolute Gasteiger partial charge is 0.311 e. The molecular weight excluding hydrogens is 464 g/mol. The minimum atomic E-state index is -0.588. The van der Waals surface area contributed by atoms with Gasteiger partial charge in [-0.2, -0.15) is 0 Å². The van der Waals surface area contributed by atoms with Crippen molar-refractivity contribution in [1.82, 2.24) is 9.80 Å². The standard InChI is InChI=1S/C27H44N2O5S/c1-5-8-11-17-28(16-6-2)24(32)22-27-15-14-26(4,35-27)21(25(33)34-7-3)20(27)23(31)29(22)18-12-9-10-13-19-30/h6,20-22,30H,2,5,7-19H2,1,3-4H3/t20-,21-,22?,26+,27?/m0/s1. The number of fused-ring (bicyclic) bond motifs is 1. The molecule has 3 heterocycles. The quantitative estimate of drug-likeness (QED) is 0.206. The number of aliphatic hydroxyl groups is 1. The fraction of sp³-hybridized carbons (Fsp3) is 0.815. The van der Waals surface area contributed by atoms with Gasteiger partial charge in [-0.05, 0) is 46.0 Å². The number of ether oxygens (including phenoxy) is 1. The van der Waals surface area contributed by atoms with E-state index in [4.69, 9.17) is 9.84 Å². The van der Waals surface area contributed by atoms with Gasteiger partial charge in [0.1, 0.15) is 6.04 Å². The van der Waals surface area contributed by atoms with Crippen LogP contribution < -0.4 is 0 Å². The Bertz CT molecular complexity index is 792. The van der Waals surface area contributed by atoms with Crippen molar-refractivity contribution >= 4 is 29.5 Å². The van der Waals surface area contributed by atoms with Gasteiger partial charge in [0.05, 0.1) is 23.2 Å². The average molecular weight is 509 g/mol. The molecule has 2 bridgehead atoms. The van der Waals surface area contributed by atoms with E-state index >= 15 is 0 Å². The van der Waals surface area contributed by atoms with E-state index in [1.165, 1.54) is 0 Å². The molecule has 1 spiro atoms. The highest BCUT2D eigenvalue weighted by Gasteiger charge is 2.77. The van der Waals surface area contributed by atoms with Crippen molar-refractivity contribution in [2.45, 2.75) is 94.1 Å². The number of hydrogen-bond acceptors (Lipinski definition) is 6. The van der Waals surface area contributed by atoms with Gasteiger partial charge in [0, 0.05) is 31.0 Å². The molecule has 0 saturated carbocycles. The van der Waals surface area contributed by atoms with Crippen molar-refractivity contribution in [1.29, 1.82) is 0 Å². The average Bonchev–Trinajstić information content (AvgIpc) is 3.39. The minimum Gasteiger partial charge on any atom is -0.466 e. The molecule has 3 aliphatic heterocycles. The first-order valence-corrected chi connectivity index (χ1v) is 14.3. The topological polar surface area (TPSA) is 87.2 Å². The lowest BCUT2D eigenvalue weighted by Gasteiger charge is -2.37. The van der Waals surface area contributed by atoms with Crippen LogP contribution in [0.15, 0.2) is 12.7 Å². The molecule has 35 heavy (non-hydrogen) atoms. The molecule has 2 amide bonds. The number of nitrogens with zero attached hydrogens (tertiary/aromatic N) is 2. The van der Waals surface area contributed by atoms with Crippen molar-refractivity contribution in [2.75, 3.05) is 32.8 Å².